The number of ether oxygens (including phenoxy) is 1. The normalized spacial score (nSPS) is 10.3. The molecule has 132 valence electrons. The lowest BCUT2D eigenvalue weighted by atomic mass is 10.1. The van der Waals surface area contributed by atoms with Crippen LogP contribution < -0.4 is 10.1 Å². The van der Waals surface area contributed by atoms with Crippen molar-refractivity contribution < 1.29 is 9.66 Å². The van der Waals surface area contributed by atoms with Gasteiger partial charge in [0.15, 0.2) is 0 Å². The third kappa shape index (κ3) is 4.32. The molecule has 0 atom stereocenters. The summed E-state index contributed by atoms with van der Waals surface area (Å²) in [7, 11) is 0. The van der Waals surface area contributed by atoms with Gasteiger partial charge in [0.05, 0.1) is 4.92 Å². The molecule has 7 nitrogen and oxygen atoms in total. The summed E-state index contributed by atoms with van der Waals surface area (Å²) in [5, 5.41) is 14.5. The number of hydrogen-bond donors (Lipinski definition) is 1. The second-order valence-corrected chi connectivity index (χ2v) is 5.71. The predicted molar refractivity (Wildman–Crippen MR) is 98.6 cm³/mol. The summed E-state index contributed by atoms with van der Waals surface area (Å²) < 4.78 is 5.60. The summed E-state index contributed by atoms with van der Waals surface area (Å²) in [5.74, 6) is 0.534. The number of benzene rings is 2. The number of nitrogens with one attached hydrogen (secondary N) is 1. The molecule has 0 unspecified atom stereocenters. The third-order valence-corrected chi connectivity index (χ3v) is 3.76. The van der Waals surface area contributed by atoms with Crippen molar-refractivity contribution in [3.05, 3.63) is 82.2 Å². The molecule has 1 aromatic heterocycles. The van der Waals surface area contributed by atoms with E-state index in [9.17, 15) is 10.1 Å². The highest BCUT2D eigenvalue weighted by molar-refractivity contribution is 5.61. The molecule has 0 bridgehead atoms. The summed E-state index contributed by atoms with van der Waals surface area (Å²) in [6, 6.07) is 17.1. The molecule has 3 aromatic rings. The van der Waals surface area contributed by atoms with Gasteiger partial charge in [-0.3, -0.25) is 10.1 Å². The van der Waals surface area contributed by atoms with Crippen LogP contribution in [0, 0.1) is 17.0 Å². The Labute approximate surface area is 150 Å². The summed E-state index contributed by atoms with van der Waals surface area (Å²) >= 11 is 0. The van der Waals surface area contributed by atoms with Gasteiger partial charge in [0.2, 0.25) is 5.82 Å². The van der Waals surface area contributed by atoms with E-state index < -0.39 is 4.92 Å². The molecule has 7 heteroatoms. The third-order valence-electron chi connectivity index (χ3n) is 3.76. The molecule has 0 spiro atoms. The fraction of sp³-hybridized carbons (Fsp3) is 0.158. The van der Waals surface area contributed by atoms with Gasteiger partial charge in [0, 0.05) is 6.54 Å². The van der Waals surface area contributed by atoms with E-state index in [1.807, 2.05) is 49.4 Å². The van der Waals surface area contributed by atoms with E-state index in [1.54, 1.807) is 12.1 Å². The molecule has 1 heterocycles. The molecule has 0 radical (unpaired) electrons. The fourth-order valence-corrected chi connectivity index (χ4v) is 2.42. The van der Waals surface area contributed by atoms with Crippen molar-refractivity contribution in [3.63, 3.8) is 0 Å². The molecular formula is C19H18N4O3. The summed E-state index contributed by atoms with van der Waals surface area (Å²) in [6.07, 6.45) is 1.97. The standard InChI is InChI=1S/C19H18N4O3/c1-14-7-9-16(10-8-14)26-19-17(23(24)25)18(21-13-22-19)20-12-11-15-5-3-2-4-6-15/h2-10,13H,11-12H2,1H3,(H,20,21,22). The maximum Gasteiger partial charge on any atom is 0.373 e. The van der Waals surface area contributed by atoms with Gasteiger partial charge in [-0.2, -0.15) is 4.98 Å². The molecule has 0 aliphatic heterocycles. The zero-order valence-electron chi connectivity index (χ0n) is 14.3. The summed E-state index contributed by atoms with van der Waals surface area (Å²) in [6.45, 7) is 2.46. The van der Waals surface area contributed by atoms with Crippen LogP contribution in [0.2, 0.25) is 0 Å². The first kappa shape index (κ1) is 17.3. The van der Waals surface area contributed by atoms with Crippen LogP contribution in [0.15, 0.2) is 60.9 Å². The first-order valence-electron chi connectivity index (χ1n) is 8.15. The number of aromatic nitrogens is 2. The minimum Gasteiger partial charge on any atom is -0.434 e. The Morgan fingerprint density at radius 2 is 1.81 bits per heavy atom. The van der Waals surface area contributed by atoms with Gasteiger partial charge in [-0.25, -0.2) is 4.98 Å². The van der Waals surface area contributed by atoms with E-state index in [4.69, 9.17) is 4.74 Å². The maximum atomic E-state index is 11.5. The number of nitrogens with zero attached hydrogens (tertiary/aromatic N) is 3. The molecule has 0 saturated heterocycles. The van der Waals surface area contributed by atoms with E-state index in [1.165, 1.54) is 6.33 Å². The van der Waals surface area contributed by atoms with Gasteiger partial charge < -0.3 is 10.1 Å². The van der Waals surface area contributed by atoms with Crippen LogP contribution in [-0.2, 0) is 6.42 Å². The zero-order chi connectivity index (χ0) is 18.4. The van der Waals surface area contributed by atoms with Crippen LogP contribution in [0.1, 0.15) is 11.1 Å². The quantitative estimate of drug-likeness (QED) is 0.509. The van der Waals surface area contributed by atoms with Crippen LogP contribution in [0.25, 0.3) is 0 Å². The molecule has 1 N–H and O–H groups in total. The zero-order valence-corrected chi connectivity index (χ0v) is 14.3. The van der Waals surface area contributed by atoms with Crippen LogP contribution >= 0.6 is 0 Å². The smallest absolute Gasteiger partial charge is 0.373 e. The number of nitro groups is 1. The van der Waals surface area contributed by atoms with Crippen molar-refractivity contribution in [2.45, 2.75) is 13.3 Å². The Morgan fingerprint density at radius 1 is 1.08 bits per heavy atom. The highest BCUT2D eigenvalue weighted by atomic mass is 16.6. The van der Waals surface area contributed by atoms with Crippen LogP contribution in [-0.4, -0.2) is 21.4 Å². The molecule has 0 saturated carbocycles. The van der Waals surface area contributed by atoms with Crippen molar-refractivity contribution in [2.24, 2.45) is 0 Å². The largest absolute Gasteiger partial charge is 0.434 e. The average Bonchev–Trinajstić information content (AvgIpc) is 2.64. The molecule has 0 fully saturated rings. The summed E-state index contributed by atoms with van der Waals surface area (Å²) in [5.41, 5.74) is 1.92. The Balaban J connectivity index is 1.77. The van der Waals surface area contributed by atoms with Gasteiger partial charge in [-0.1, -0.05) is 48.0 Å². The molecule has 0 aliphatic rings. The van der Waals surface area contributed by atoms with E-state index in [2.05, 4.69) is 15.3 Å². The lowest BCUT2D eigenvalue weighted by Gasteiger charge is -2.09. The second kappa shape index (κ2) is 8.06. The lowest BCUT2D eigenvalue weighted by Crippen LogP contribution is -2.10. The average molecular weight is 350 g/mol. The minimum atomic E-state index is -0.533. The Kier molecular flexibility index (Phi) is 5.38. The van der Waals surface area contributed by atoms with Gasteiger partial charge >= 0.3 is 11.6 Å². The lowest BCUT2D eigenvalue weighted by molar-refractivity contribution is -0.385. The van der Waals surface area contributed by atoms with Crippen LogP contribution in [0.3, 0.4) is 0 Å². The van der Waals surface area contributed by atoms with Crippen molar-refractivity contribution in [2.75, 3.05) is 11.9 Å². The van der Waals surface area contributed by atoms with Crippen molar-refractivity contribution in [3.8, 4) is 11.6 Å². The Bertz CT molecular complexity index is 883. The first-order valence-corrected chi connectivity index (χ1v) is 8.15. The fourth-order valence-electron chi connectivity index (χ4n) is 2.42. The van der Waals surface area contributed by atoms with Crippen molar-refractivity contribution in [1.82, 2.24) is 9.97 Å². The van der Waals surface area contributed by atoms with Crippen LogP contribution in [0.4, 0.5) is 11.5 Å². The van der Waals surface area contributed by atoms with Gasteiger partial charge in [-0.05, 0) is 31.0 Å². The van der Waals surface area contributed by atoms with Crippen LogP contribution in [0.5, 0.6) is 11.6 Å². The van der Waals surface area contributed by atoms with E-state index in [0.717, 1.165) is 17.5 Å². The molecule has 0 amide bonds. The molecule has 26 heavy (non-hydrogen) atoms. The number of anilines is 1. The Morgan fingerprint density at radius 3 is 2.50 bits per heavy atom. The summed E-state index contributed by atoms with van der Waals surface area (Å²) in [4.78, 5) is 18.9. The molecule has 3 rings (SSSR count). The van der Waals surface area contributed by atoms with Gasteiger partial charge in [0.25, 0.3) is 0 Å². The topological polar surface area (TPSA) is 90.2 Å². The highest BCUT2D eigenvalue weighted by Crippen LogP contribution is 2.33. The van der Waals surface area contributed by atoms with Gasteiger partial charge in [-0.15, -0.1) is 0 Å². The molecular weight excluding hydrogens is 332 g/mol. The van der Waals surface area contributed by atoms with Crippen molar-refractivity contribution >= 4 is 11.5 Å². The van der Waals surface area contributed by atoms with E-state index >= 15 is 0 Å². The van der Waals surface area contributed by atoms with Crippen molar-refractivity contribution in [1.29, 1.82) is 0 Å². The Hall–Kier alpha value is -3.48. The molecule has 2 aromatic carbocycles. The van der Waals surface area contributed by atoms with E-state index in [0.29, 0.717) is 12.3 Å². The number of aryl methyl sites for hydroxylation is 1. The monoisotopic (exact) mass is 350 g/mol. The number of hydrogen-bond acceptors (Lipinski definition) is 6. The maximum absolute atomic E-state index is 11.5. The first-order chi connectivity index (χ1) is 12.6. The minimum absolute atomic E-state index is 0.0870. The predicted octanol–water partition coefficient (Wildman–Crippen LogP) is 4.14. The van der Waals surface area contributed by atoms with Gasteiger partial charge in [0.1, 0.15) is 12.1 Å². The number of rotatable bonds is 7. The molecule has 0 aliphatic carbocycles. The second-order valence-electron chi connectivity index (χ2n) is 5.71. The van der Waals surface area contributed by atoms with E-state index in [-0.39, 0.29) is 17.4 Å². The highest BCUT2D eigenvalue weighted by Gasteiger charge is 2.24. The SMILES string of the molecule is Cc1ccc(Oc2ncnc(NCCc3ccccc3)c2[N+](=O)[O-])cc1.